The molecule has 0 saturated heterocycles. The van der Waals surface area contributed by atoms with Crippen LogP contribution >= 0.6 is 0 Å². The quantitative estimate of drug-likeness (QED) is 0.806. The van der Waals surface area contributed by atoms with Crippen molar-refractivity contribution in [1.29, 1.82) is 0 Å². The number of ether oxygens (including phenoxy) is 1. The molecule has 0 aliphatic carbocycles. The summed E-state index contributed by atoms with van der Waals surface area (Å²) in [6, 6.07) is 6.96. The van der Waals surface area contributed by atoms with Gasteiger partial charge in [0.1, 0.15) is 5.75 Å². The van der Waals surface area contributed by atoms with E-state index in [1.165, 1.54) is 11.1 Å². The van der Waals surface area contributed by atoms with Crippen LogP contribution in [-0.2, 0) is 12.8 Å². The first-order valence-electron chi connectivity index (χ1n) is 6.88. The van der Waals surface area contributed by atoms with Crippen LogP contribution in [0.3, 0.4) is 0 Å². The highest BCUT2D eigenvalue weighted by molar-refractivity contribution is 5.39. The first-order valence-corrected chi connectivity index (χ1v) is 6.88. The summed E-state index contributed by atoms with van der Waals surface area (Å²) in [5, 5.41) is 3.53. The first kappa shape index (κ1) is 13.4. The summed E-state index contributed by atoms with van der Waals surface area (Å²) in [5.41, 5.74) is 8.48. The van der Waals surface area contributed by atoms with Crippen molar-refractivity contribution in [2.24, 2.45) is 11.7 Å². The number of benzene rings is 1. The van der Waals surface area contributed by atoms with Crippen molar-refractivity contribution < 1.29 is 4.74 Å². The van der Waals surface area contributed by atoms with E-state index in [2.05, 4.69) is 37.4 Å². The van der Waals surface area contributed by atoms with Gasteiger partial charge >= 0.3 is 0 Å². The monoisotopic (exact) mass is 248 g/mol. The molecule has 3 N–H and O–H groups in total. The second-order valence-electron chi connectivity index (χ2n) is 5.33. The van der Waals surface area contributed by atoms with E-state index in [9.17, 15) is 0 Å². The molecule has 0 aromatic heterocycles. The molecule has 1 aliphatic rings. The van der Waals surface area contributed by atoms with E-state index in [1.54, 1.807) is 0 Å². The molecule has 1 heterocycles. The van der Waals surface area contributed by atoms with Crippen LogP contribution < -0.4 is 15.8 Å². The van der Waals surface area contributed by atoms with E-state index in [-0.39, 0.29) is 0 Å². The summed E-state index contributed by atoms with van der Waals surface area (Å²) < 4.78 is 5.51. The second-order valence-corrected chi connectivity index (χ2v) is 5.33. The van der Waals surface area contributed by atoms with E-state index in [0.29, 0.717) is 18.5 Å². The fourth-order valence-electron chi connectivity index (χ4n) is 2.39. The van der Waals surface area contributed by atoms with Gasteiger partial charge in [0.15, 0.2) is 0 Å². The van der Waals surface area contributed by atoms with Gasteiger partial charge in [-0.1, -0.05) is 26.0 Å². The average Bonchev–Trinajstić information content (AvgIpc) is 2.81. The Morgan fingerprint density at radius 1 is 1.39 bits per heavy atom. The van der Waals surface area contributed by atoms with E-state index in [0.717, 1.165) is 31.7 Å². The largest absolute Gasteiger partial charge is 0.493 e. The predicted molar refractivity (Wildman–Crippen MR) is 75.0 cm³/mol. The zero-order chi connectivity index (χ0) is 13.0. The third kappa shape index (κ3) is 3.24. The Kier molecular flexibility index (Phi) is 4.61. The summed E-state index contributed by atoms with van der Waals surface area (Å²) in [4.78, 5) is 0. The molecule has 1 aliphatic heterocycles. The molecule has 1 atom stereocenters. The standard InChI is InChI=1S/C15H24N2O/c1-11(2)14(10-16)17-7-5-12-3-4-15-13(9-12)6-8-18-15/h3-4,9,11,14,17H,5-8,10,16H2,1-2H3. The lowest BCUT2D eigenvalue weighted by Crippen LogP contribution is -2.41. The lowest BCUT2D eigenvalue weighted by atomic mass is 10.0. The summed E-state index contributed by atoms with van der Waals surface area (Å²) in [6.07, 6.45) is 2.10. The van der Waals surface area contributed by atoms with Crippen LogP contribution in [0, 0.1) is 5.92 Å². The van der Waals surface area contributed by atoms with Crippen molar-refractivity contribution in [3.05, 3.63) is 29.3 Å². The SMILES string of the molecule is CC(C)C(CN)NCCc1ccc2c(c1)CCO2. The van der Waals surface area contributed by atoms with Crippen LogP contribution in [0.2, 0.25) is 0 Å². The van der Waals surface area contributed by atoms with Gasteiger partial charge in [0.25, 0.3) is 0 Å². The smallest absolute Gasteiger partial charge is 0.122 e. The Balaban J connectivity index is 1.83. The van der Waals surface area contributed by atoms with Gasteiger partial charge in [-0.3, -0.25) is 0 Å². The number of rotatable bonds is 6. The molecule has 3 heteroatoms. The summed E-state index contributed by atoms with van der Waals surface area (Å²) in [6.45, 7) is 6.93. The van der Waals surface area contributed by atoms with E-state index in [1.807, 2.05) is 0 Å². The highest BCUT2D eigenvalue weighted by atomic mass is 16.5. The molecule has 18 heavy (non-hydrogen) atoms. The van der Waals surface area contributed by atoms with Crippen molar-refractivity contribution in [2.45, 2.75) is 32.7 Å². The molecule has 100 valence electrons. The van der Waals surface area contributed by atoms with Crippen LogP contribution in [0.1, 0.15) is 25.0 Å². The zero-order valence-corrected chi connectivity index (χ0v) is 11.4. The van der Waals surface area contributed by atoms with Crippen LogP contribution in [-0.4, -0.2) is 25.7 Å². The number of hydrogen-bond donors (Lipinski definition) is 2. The normalized spacial score (nSPS) is 15.6. The maximum absolute atomic E-state index is 5.75. The van der Waals surface area contributed by atoms with Crippen molar-refractivity contribution in [2.75, 3.05) is 19.7 Å². The molecule has 0 saturated carbocycles. The lowest BCUT2D eigenvalue weighted by molar-refractivity contribution is 0.357. The third-order valence-electron chi connectivity index (χ3n) is 3.63. The molecule has 0 fully saturated rings. The number of nitrogens with two attached hydrogens (primary N) is 1. The average molecular weight is 248 g/mol. The minimum Gasteiger partial charge on any atom is -0.493 e. The molecular weight excluding hydrogens is 224 g/mol. The van der Waals surface area contributed by atoms with Gasteiger partial charge in [-0.25, -0.2) is 0 Å². The molecule has 0 spiro atoms. The zero-order valence-electron chi connectivity index (χ0n) is 11.4. The van der Waals surface area contributed by atoms with Gasteiger partial charge in [-0.15, -0.1) is 0 Å². The molecule has 0 bridgehead atoms. The maximum Gasteiger partial charge on any atom is 0.122 e. The number of nitrogens with one attached hydrogen (secondary N) is 1. The molecule has 0 amide bonds. The number of hydrogen-bond acceptors (Lipinski definition) is 3. The van der Waals surface area contributed by atoms with Gasteiger partial charge < -0.3 is 15.8 Å². The fourth-order valence-corrected chi connectivity index (χ4v) is 2.39. The molecule has 1 aromatic carbocycles. The molecule has 2 rings (SSSR count). The van der Waals surface area contributed by atoms with Gasteiger partial charge in [-0.2, -0.15) is 0 Å². The van der Waals surface area contributed by atoms with Crippen molar-refractivity contribution >= 4 is 0 Å². The summed E-state index contributed by atoms with van der Waals surface area (Å²) >= 11 is 0. The summed E-state index contributed by atoms with van der Waals surface area (Å²) in [7, 11) is 0. The van der Waals surface area contributed by atoms with Crippen LogP contribution in [0.4, 0.5) is 0 Å². The highest BCUT2D eigenvalue weighted by Crippen LogP contribution is 2.25. The Labute approximate surface area is 110 Å². The molecule has 3 nitrogen and oxygen atoms in total. The van der Waals surface area contributed by atoms with Crippen molar-refractivity contribution in [3.63, 3.8) is 0 Å². The first-order chi connectivity index (χ1) is 8.70. The molecular formula is C15H24N2O. The fraction of sp³-hybridized carbons (Fsp3) is 0.600. The van der Waals surface area contributed by atoms with Crippen LogP contribution in [0.25, 0.3) is 0 Å². The Morgan fingerprint density at radius 3 is 2.94 bits per heavy atom. The third-order valence-corrected chi connectivity index (χ3v) is 3.63. The van der Waals surface area contributed by atoms with Gasteiger partial charge in [0, 0.05) is 19.0 Å². The molecule has 0 radical (unpaired) electrons. The topological polar surface area (TPSA) is 47.3 Å². The number of fused-ring (bicyclic) bond motifs is 1. The second kappa shape index (κ2) is 6.21. The Bertz CT molecular complexity index is 390. The van der Waals surface area contributed by atoms with E-state index >= 15 is 0 Å². The lowest BCUT2D eigenvalue weighted by Gasteiger charge is -2.20. The van der Waals surface area contributed by atoms with Gasteiger partial charge in [-0.05, 0) is 36.1 Å². The Morgan fingerprint density at radius 2 is 2.22 bits per heavy atom. The Hall–Kier alpha value is -1.06. The minimum atomic E-state index is 0.419. The van der Waals surface area contributed by atoms with Gasteiger partial charge in [0.2, 0.25) is 0 Å². The van der Waals surface area contributed by atoms with Gasteiger partial charge in [0.05, 0.1) is 6.61 Å². The summed E-state index contributed by atoms with van der Waals surface area (Å²) in [5.74, 6) is 1.65. The van der Waals surface area contributed by atoms with E-state index < -0.39 is 0 Å². The van der Waals surface area contributed by atoms with Crippen LogP contribution in [0.15, 0.2) is 18.2 Å². The van der Waals surface area contributed by atoms with Crippen molar-refractivity contribution in [1.82, 2.24) is 5.32 Å². The molecule has 1 unspecified atom stereocenters. The highest BCUT2D eigenvalue weighted by Gasteiger charge is 2.13. The van der Waals surface area contributed by atoms with Crippen LogP contribution in [0.5, 0.6) is 5.75 Å². The minimum absolute atomic E-state index is 0.419. The maximum atomic E-state index is 5.75. The predicted octanol–water partition coefficient (Wildman–Crippen LogP) is 1.74. The molecule has 1 aromatic rings. The van der Waals surface area contributed by atoms with Crippen molar-refractivity contribution in [3.8, 4) is 5.75 Å². The van der Waals surface area contributed by atoms with E-state index in [4.69, 9.17) is 10.5 Å².